The lowest BCUT2D eigenvalue weighted by atomic mass is 9.81. The second-order valence-corrected chi connectivity index (χ2v) is 9.06. The number of rotatable bonds is 9. The molecular formula is C22H33F3N4O5. The van der Waals surface area contributed by atoms with Gasteiger partial charge in [0, 0.05) is 25.4 Å². The summed E-state index contributed by atoms with van der Waals surface area (Å²) in [6, 6.07) is -0.932. The highest BCUT2D eigenvalue weighted by Crippen LogP contribution is 2.32. The van der Waals surface area contributed by atoms with Crippen LogP contribution in [0.5, 0.6) is 0 Å². The number of aromatic nitrogens is 2. The van der Waals surface area contributed by atoms with Crippen LogP contribution in [-0.2, 0) is 20.5 Å². The molecule has 0 bridgehead atoms. The minimum Gasteiger partial charge on any atom is -0.383 e. The van der Waals surface area contributed by atoms with Gasteiger partial charge in [-0.1, -0.05) is 44.2 Å². The van der Waals surface area contributed by atoms with E-state index in [0.717, 1.165) is 32.1 Å². The number of nitrogens with zero attached hydrogens (tertiary/aromatic N) is 3. The molecule has 1 saturated heterocycles. The molecule has 3 rings (SSSR count). The van der Waals surface area contributed by atoms with Gasteiger partial charge in [0.25, 0.3) is 0 Å². The molecule has 0 aromatic carbocycles. The van der Waals surface area contributed by atoms with Crippen LogP contribution in [0.2, 0.25) is 0 Å². The van der Waals surface area contributed by atoms with E-state index < -0.39 is 41.9 Å². The van der Waals surface area contributed by atoms with Crippen LogP contribution in [0.3, 0.4) is 0 Å². The lowest BCUT2D eigenvalue weighted by Crippen LogP contribution is -2.46. The molecule has 3 atom stereocenters. The molecule has 1 aliphatic carbocycles. The molecule has 9 nitrogen and oxygen atoms in total. The molecule has 1 saturated carbocycles. The maximum Gasteiger partial charge on any atom is 0.471 e. The van der Waals surface area contributed by atoms with Gasteiger partial charge in [0.15, 0.2) is 0 Å². The SMILES string of the molecule is CC[C@H](NC(=O)[C@@H](CC(=O)N1CCOCC1)CC1CCCCC1)C(O)c1noc(C(F)(F)F)n1. The number of amides is 2. The van der Waals surface area contributed by atoms with Gasteiger partial charge in [-0.2, -0.15) is 18.2 Å². The van der Waals surface area contributed by atoms with Gasteiger partial charge in [0.05, 0.1) is 19.3 Å². The van der Waals surface area contributed by atoms with Gasteiger partial charge in [-0.15, -0.1) is 0 Å². The van der Waals surface area contributed by atoms with Crippen molar-refractivity contribution in [3.63, 3.8) is 0 Å². The van der Waals surface area contributed by atoms with Gasteiger partial charge < -0.3 is 24.6 Å². The van der Waals surface area contributed by atoms with Crippen molar-refractivity contribution in [2.75, 3.05) is 26.3 Å². The standard InChI is InChI=1S/C22H33F3N4O5/c1-2-16(18(31)19-27-21(34-28-19)22(23,24)25)26-20(32)15(12-14-6-4-3-5-7-14)13-17(30)29-8-10-33-11-9-29/h14-16,18,31H,2-13H2,1H3,(H,26,32)/t15-,16+,18?/m1/s1. The number of aliphatic hydroxyl groups is 1. The van der Waals surface area contributed by atoms with E-state index in [1.54, 1.807) is 11.8 Å². The number of nitrogens with one attached hydrogen (secondary N) is 1. The van der Waals surface area contributed by atoms with Crippen molar-refractivity contribution in [3.05, 3.63) is 11.7 Å². The van der Waals surface area contributed by atoms with Crippen LogP contribution >= 0.6 is 0 Å². The zero-order valence-electron chi connectivity index (χ0n) is 19.4. The third kappa shape index (κ3) is 7.14. The Labute approximate surface area is 196 Å². The maximum atomic E-state index is 13.2. The molecule has 0 spiro atoms. The summed E-state index contributed by atoms with van der Waals surface area (Å²) in [5.41, 5.74) is 0. The molecule has 0 radical (unpaired) electrons. The van der Waals surface area contributed by atoms with Crippen molar-refractivity contribution < 1.29 is 37.1 Å². The van der Waals surface area contributed by atoms with Gasteiger partial charge >= 0.3 is 12.1 Å². The lowest BCUT2D eigenvalue weighted by Gasteiger charge is -2.31. The fourth-order valence-corrected chi connectivity index (χ4v) is 4.62. The third-order valence-electron chi connectivity index (χ3n) is 6.60. The minimum atomic E-state index is -4.83. The van der Waals surface area contributed by atoms with E-state index >= 15 is 0 Å². The predicted molar refractivity (Wildman–Crippen MR) is 113 cm³/mol. The van der Waals surface area contributed by atoms with E-state index in [4.69, 9.17) is 4.74 Å². The summed E-state index contributed by atoms with van der Waals surface area (Å²) < 4.78 is 47.8. The molecular weight excluding hydrogens is 457 g/mol. The minimum absolute atomic E-state index is 0.0370. The number of morpholine rings is 1. The molecule has 12 heteroatoms. The highest BCUT2D eigenvalue weighted by Gasteiger charge is 2.40. The van der Waals surface area contributed by atoms with Crippen molar-refractivity contribution in [2.24, 2.45) is 11.8 Å². The quantitative estimate of drug-likeness (QED) is 0.547. The van der Waals surface area contributed by atoms with Gasteiger partial charge in [0.2, 0.25) is 17.6 Å². The average molecular weight is 491 g/mol. The monoisotopic (exact) mass is 490 g/mol. The van der Waals surface area contributed by atoms with Crippen molar-refractivity contribution in [1.29, 1.82) is 0 Å². The number of alkyl halides is 3. The zero-order chi connectivity index (χ0) is 24.7. The fourth-order valence-electron chi connectivity index (χ4n) is 4.62. The molecule has 192 valence electrons. The first kappa shape index (κ1) is 26.4. The molecule has 2 N–H and O–H groups in total. The van der Waals surface area contributed by atoms with Crippen LogP contribution in [0.1, 0.15) is 76.1 Å². The number of carbonyl (C=O) groups is 2. The summed E-state index contributed by atoms with van der Waals surface area (Å²) in [6.45, 7) is 3.55. The van der Waals surface area contributed by atoms with Crippen molar-refractivity contribution >= 4 is 11.8 Å². The Kier molecular flexibility index (Phi) is 9.29. The lowest BCUT2D eigenvalue weighted by molar-refractivity contribution is -0.159. The van der Waals surface area contributed by atoms with E-state index in [1.165, 1.54) is 0 Å². The van der Waals surface area contributed by atoms with Gasteiger partial charge in [-0.05, 0) is 18.8 Å². The van der Waals surface area contributed by atoms with Crippen molar-refractivity contribution in [2.45, 2.75) is 76.6 Å². The Hall–Kier alpha value is -2.21. The molecule has 2 amide bonds. The summed E-state index contributed by atoms with van der Waals surface area (Å²) >= 11 is 0. The second-order valence-electron chi connectivity index (χ2n) is 9.06. The number of hydrogen-bond donors (Lipinski definition) is 2. The average Bonchev–Trinajstić information content (AvgIpc) is 3.34. The highest BCUT2D eigenvalue weighted by atomic mass is 19.4. The van der Waals surface area contributed by atoms with Crippen LogP contribution in [0.15, 0.2) is 4.52 Å². The second kappa shape index (κ2) is 12.0. The Balaban J connectivity index is 1.68. The van der Waals surface area contributed by atoms with Gasteiger partial charge in [-0.25, -0.2) is 0 Å². The van der Waals surface area contributed by atoms with Crippen LogP contribution in [0.25, 0.3) is 0 Å². The summed E-state index contributed by atoms with van der Waals surface area (Å²) in [5, 5.41) is 16.5. The maximum absolute atomic E-state index is 13.2. The zero-order valence-corrected chi connectivity index (χ0v) is 19.4. The number of aliphatic hydroxyl groups excluding tert-OH is 1. The largest absolute Gasteiger partial charge is 0.471 e. The fraction of sp³-hybridized carbons (Fsp3) is 0.818. The number of carbonyl (C=O) groups excluding carboxylic acids is 2. The van der Waals surface area contributed by atoms with E-state index in [1.807, 2.05) is 0 Å². The first-order chi connectivity index (χ1) is 16.2. The summed E-state index contributed by atoms with van der Waals surface area (Å²) in [7, 11) is 0. The van der Waals surface area contributed by atoms with Crippen LogP contribution in [0.4, 0.5) is 13.2 Å². The number of ether oxygens (including phenoxy) is 1. The van der Waals surface area contributed by atoms with Gasteiger partial charge in [-0.3, -0.25) is 9.59 Å². The normalized spacial score (nSPS) is 20.6. The Morgan fingerprint density at radius 1 is 1.21 bits per heavy atom. The molecule has 1 aliphatic heterocycles. The topological polar surface area (TPSA) is 118 Å². The summed E-state index contributed by atoms with van der Waals surface area (Å²) in [4.78, 5) is 31.0. The molecule has 34 heavy (non-hydrogen) atoms. The van der Waals surface area contributed by atoms with Gasteiger partial charge in [0.1, 0.15) is 6.10 Å². The highest BCUT2D eigenvalue weighted by molar-refractivity contribution is 5.86. The smallest absolute Gasteiger partial charge is 0.383 e. The number of hydrogen-bond acceptors (Lipinski definition) is 7. The molecule has 2 fully saturated rings. The molecule has 1 aromatic heterocycles. The number of halogens is 3. The summed E-state index contributed by atoms with van der Waals surface area (Å²) in [6.07, 6.45) is -0.273. The Morgan fingerprint density at radius 2 is 1.88 bits per heavy atom. The van der Waals surface area contributed by atoms with E-state index in [2.05, 4.69) is 20.0 Å². The van der Waals surface area contributed by atoms with Crippen molar-refractivity contribution in [1.82, 2.24) is 20.4 Å². The van der Waals surface area contributed by atoms with E-state index in [-0.39, 0.29) is 18.7 Å². The Bertz CT molecular complexity index is 807. The molecule has 1 unspecified atom stereocenters. The van der Waals surface area contributed by atoms with Crippen LogP contribution < -0.4 is 5.32 Å². The molecule has 2 aliphatic rings. The Morgan fingerprint density at radius 3 is 2.47 bits per heavy atom. The first-order valence-electron chi connectivity index (χ1n) is 11.9. The predicted octanol–water partition coefficient (Wildman–Crippen LogP) is 2.85. The van der Waals surface area contributed by atoms with Crippen LogP contribution in [-0.4, -0.2) is 64.3 Å². The van der Waals surface area contributed by atoms with E-state index in [9.17, 15) is 27.9 Å². The van der Waals surface area contributed by atoms with E-state index in [0.29, 0.717) is 38.6 Å². The molecule has 2 heterocycles. The summed E-state index contributed by atoms with van der Waals surface area (Å²) in [5.74, 6) is -2.91. The van der Waals surface area contributed by atoms with Crippen molar-refractivity contribution in [3.8, 4) is 0 Å². The molecule has 1 aromatic rings. The van der Waals surface area contributed by atoms with Crippen LogP contribution in [0, 0.1) is 11.8 Å². The first-order valence-corrected chi connectivity index (χ1v) is 11.9. The third-order valence-corrected chi connectivity index (χ3v) is 6.60.